The summed E-state index contributed by atoms with van der Waals surface area (Å²) in [6.07, 6.45) is 0.746. The van der Waals surface area contributed by atoms with Gasteiger partial charge in [0.2, 0.25) is 11.8 Å². The molecule has 0 saturated carbocycles. The van der Waals surface area contributed by atoms with Crippen LogP contribution >= 0.6 is 0 Å². The third kappa shape index (κ3) is 4.33. The van der Waals surface area contributed by atoms with Crippen LogP contribution in [0.25, 0.3) is 10.8 Å². The van der Waals surface area contributed by atoms with Gasteiger partial charge >= 0.3 is 0 Å². The fourth-order valence-corrected chi connectivity index (χ4v) is 7.12. The molecule has 1 aromatic heterocycles. The Bertz CT molecular complexity index is 1420. The van der Waals surface area contributed by atoms with Gasteiger partial charge in [-0.2, -0.15) is 5.10 Å². The average Bonchev–Trinajstić information content (AvgIpc) is 3.48. The molecule has 35 heavy (non-hydrogen) atoms. The molecule has 0 N–H and O–H groups in total. The molecule has 9 heteroatoms. The van der Waals surface area contributed by atoms with Crippen molar-refractivity contribution in [2.75, 3.05) is 30.0 Å². The van der Waals surface area contributed by atoms with E-state index in [9.17, 15) is 18.0 Å². The molecular weight excluding hydrogens is 464 g/mol. The molecule has 2 atom stereocenters. The number of hydrogen-bond donors (Lipinski definition) is 0. The zero-order chi connectivity index (χ0) is 24.9. The van der Waals surface area contributed by atoms with E-state index < -0.39 is 15.8 Å². The van der Waals surface area contributed by atoms with Gasteiger partial charge in [0.1, 0.15) is 0 Å². The van der Waals surface area contributed by atoms with Crippen LogP contribution in [-0.4, -0.2) is 60.0 Å². The molecule has 3 aromatic rings. The minimum absolute atomic E-state index is 0.0456. The Labute approximate surface area is 205 Å². The molecular formula is C26H30N4O4S. The highest BCUT2D eigenvalue weighted by molar-refractivity contribution is 7.91. The first-order chi connectivity index (χ1) is 16.6. The van der Waals surface area contributed by atoms with Gasteiger partial charge in [-0.25, -0.2) is 8.42 Å². The van der Waals surface area contributed by atoms with Gasteiger partial charge in [0.05, 0.1) is 34.8 Å². The van der Waals surface area contributed by atoms with Crippen molar-refractivity contribution in [3.8, 4) is 0 Å². The molecule has 2 aromatic carbocycles. The Hall–Kier alpha value is -3.20. The van der Waals surface area contributed by atoms with Gasteiger partial charge in [-0.1, -0.05) is 36.4 Å². The van der Waals surface area contributed by atoms with Crippen molar-refractivity contribution in [2.45, 2.75) is 39.3 Å². The zero-order valence-corrected chi connectivity index (χ0v) is 21.1. The smallest absolute Gasteiger partial charge is 0.228 e. The van der Waals surface area contributed by atoms with E-state index in [2.05, 4.69) is 5.10 Å². The van der Waals surface area contributed by atoms with E-state index in [1.165, 1.54) is 0 Å². The number of anilines is 1. The number of sulfone groups is 1. The maximum absolute atomic E-state index is 13.3. The number of fused-ring (bicyclic) bond motifs is 1. The number of nitrogens with zero attached hydrogens (tertiary/aromatic N) is 4. The Balaban J connectivity index is 1.31. The van der Waals surface area contributed by atoms with Gasteiger partial charge in [-0.3, -0.25) is 14.3 Å². The van der Waals surface area contributed by atoms with Crippen LogP contribution in [0.5, 0.6) is 0 Å². The van der Waals surface area contributed by atoms with Gasteiger partial charge in [0.15, 0.2) is 9.84 Å². The van der Waals surface area contributed by atoms with Gasteiger partial charge in [-0.05, 0) is 31.7 Å². The number of aromatic nitrogens is 2. The van der Waals surface area contributed by atoms with Crippen molar-refractivity contribution in [1.82, 2.24) is 14.7 Å². The van der Waals surface area contributed by atoms with Gasteiger partial charge < -0.3 is 9.80 Å². The summed E-state index contributed by atoms with van der Waals surface area (Å²) in [6.45, 7) is 4.55. The van der Waals surface area contributed by atoms with Crippen LogP contribution in [-0.2, 0) is 26.0 Å². The van der Waals surface area contributed by atoms with Crippen molar-refractivity contribution in [3.05, 3.63) is 59.4 Å². The fourth-order valence-electron chi connectivity index (χ4n) is 5.43. The van der Waals surface area contributed by atoms with Crippen molar-refractivity contribution in [3.63, 3.8) is 0 Å². The van der Waals surface area contributed by atoms with Crippen LogP contribution in [0.15, 0.2) is 42.5 Å². The maximum Gasteiger partial charge on any atom is 0.228 e. The Morgan fingerprint density at radius 2 is 1.89 bits per heavy atom. The minimum atomic E-state index is -3.02. The molecule has 2 aliphatic heterocycles. The predicted molar refractivity (Wildman–Crippen MR) is 135 cm³/mol. The number of amides is 2. The van der Waals surface area contributed by atoms with Gasteiger partial charge in [0, 0.05) is 43.2 Å². The summed E-state index contributed by atoms with van der Waals surface area (Å²) in [5.41, 5.74) is 3.46. The number of aryl methyl sites for hydroxylation is 1. The monoisotopic (exact) mass is 494 g/mol. The summed E-state index contributed by atoms with van der Waals surface area (Å²) < 4.78 is 25.7. The molecule has 3 heterocycles. The van der Waals surface area contributed by atoms with E-state index in [1.54, 1.807) is 16.8 Å². The lowest BCUT2D eigenvalue weighted by Crippen LogP contribution is -2.34. The number of hydrogen-bond acceptors (Lipinski definition) is 5. The summed E-state index contributed by atoms with van der Waals surface area (Å²) in [5, 5.41) is 6.67. The molecule has 0 spiro atoms. The first-order valence-electron chi connectivity index (χ1n) is 11.9. The molecule has 2 aliphatic rings. The average molecular weight is 495 g/mol. The van der Waals surface area contributed by atoms with Crippen LogP contribution in [0.2, 0.25) is 0 Å². The van der Waals surface area contributed by atoms with E-state index >= 15 is 0 Å². The molecule has 0 aliphatic carbocycles. The molecule has 2 saturated heterocycles. The van der Waals surface area contributed by atoms with Crippen LogP contribution in [0.1, 0.15) is 35.8 Å². The number of benzene rings is 2. The molecule has 184 valence electrons. The molecule has 2 fully saturated rings. The molecule has 0 bridgehead atoms. The quantitative estimate of drug-likeness (QED) is 0.544. The third-order valence-corrected chi connectivity index (χ3v) is 9.08. The summed E-state index contributed by atoms with van der Waals surface area (Å²) in [4.78, 5) is 29.7. The van der Waals surface area contributed by atoms with E-state index in [1.807, 2.05) is 61.0 Å². The van der Waals surface area contributed by atoms with E-state index in [-0.39, 0.29) is 35.8 Å². The standard InChI is InChI=1S/C26H30N4O4S/c1-17-23(18(2)30(27-17)21-11-12-35(33,34)16-21)15-28(3)26(32)20-13-25(31)29(14-20)24-10-6-8-19-7-4-5-9-22(19)24/h4-10,20-21H,11-16H2,1-3H3/t20-,21+/m0/s1. The minimum Gasteiger partial charge on any atom is -0.341 e. The highest BCUT2D eigenvalue weighted by Gasteiger charge is 2.37. The summed E-state index contributed by atoms with van der Waals surface area (Å²) in [6, 6.07) is 13.7. The van der Waals surface area contributed by atoms with Gasteiger partial charge in [-0.15, -0.1) is 0 Å². The van der Waals surface area contributed by atoms with Crippen molar-refractivity contribution < 1.29 is 18.0 Å². The topological polar surface area (TPSA) is 92.6 Å². The Morgan fingerprint density at radius 3 is 2.63 bits per heavy atom. The molecule has 0 unspecified atom stereocenters. The van der Waals surface area contributed by atoms with Crippen molar-refractivity contribution >= 4 is 38.1 Å². The molecule has 8 nitrogen and oxygen atoms in total. The first kappa shape index (κ1) is 23.5. The number of carbonyl (C=O) groups excluding carboxylic acids is 2. The lowest BCUT2D eigenvalue weighted by atomic mass is 10.1. The lowest BCUT2D eigenvalue weighted by Gasteiger charge is -2.22. The summed E-state index contributed by atoms with van der Waals surface area (Å²) in [7, 11) is -1.27. The van der Waals surface area contributed by atoms with Crippen molar-refractivity contribution in [2.24, 2.45) is 5.92 Å². The predicted octanol–water partition coefficient (Wildman–Crippen LogP) is 3.02. The number of rotatable bonds is 5. The van der Waals surface area contributed by atoms with Crippen LogP contribution in [0.3, 0.4) is 0 Å². The van der Waals surface area contributed by atoms with Crippen molar-refractivity contribution in [1.29, 1.82) is 0 Å². The summed E-state index contributed by atoms with van der Waals surface area (Å²) in [5.74, 6) is -0.238. The van der Waals surface area contributed by atoms with Crippen LogP contribution in [0, 0.1) is 19.8 Å². The SMILES string of the molecule is Cc1nn([C@@H]2CCS(=O)(=O)C2)c(C)c1CN(C)C(=O)[C@H]1CC(=O)N(c2cccc3ccccc23)C1. The molecule has 2 amide bonds. The Morgan fingerprint density at radius 1 is 1.14 bits per heavy atom. The highest BCUT2D eigenvalue weighted by atomic mass is 32.2. The largest absolute Gasteiger partial charge is 0.341 e. The molecule has 5 rings (SSSR count). The molecule has 0 radical (unpaired) electrons. The second-order valence-electron chi connectivity index (χ2n) is 9.75. The van der Waals surface area contributed by atoms with Crippen LogP contribution < -0.4 is 4.90 Å². The van der Waals surface area contributed by atoms with E-state index in [0.29, 0.717) is 19.5 Å². The number of carbonyl (C=O) groups is 2. The Kier molecular flexibility index (Phi) is 5.91. The van der Waals surface area contributed by atoms with E-state index in [0.717, 1.165) is 33.4 Å². The normalized spacial score (nSPS) is 21.7. The van der Waals surface area contributed by atoms with E-state index in [4.69, 9.17) is 0 Å². The fraction of sp³-hybridized carbons (Fsp3) is 0.423. The second-order valence-corrected chi connectivity index (χ2v) is 12.0. The lowest BCUT2D eigenvalue weighted by molar-refractivity contribution is -0.135. The summed E-state index contributed by atoms with van der Waals surface area (Å²) >= 11 is 0. The zero-order valence-electron chi connectivity index (χ0n) is 20.3. The second kappa shape index (κ2) is 8.78. The maximum atomic E-state index is 13.3. The third-order valence-electron chi connectivity index (χ3n) is 7.33. The van der Waals surface area contributed by atoms with Crippen LogP contribution in [0.4, 0.5) is 5.69 Å². The highest BCUT2D eigenvalue weighted by Crippen LogP contribution is 2.33. The first-order valence-corrected chi connectivity index (χ1v) is 13.7. The van der Waals surface area contributed by atoms with Gasteiger partial charge in [0.25, 0.3) is 0 Å².